The van der Waals surface area contributed by atoms with Gasteiger partial charge in [-0.3, -0.25) is 9.69 Å². The molecule has 0 aromatic heterocycles. The number of carbonyl (C=O) groups excluding carboxylic acids is 2. The molecule has 38 heavy (non-hydrogen) atoms. The summed E-state index contributed by atoms with van der Waals surface area (Å²) < 4.78 is 5.12. The lowest BCUT2D eigenvalue weighted by molar-refractivity contribution is -0.140. The van der Waals surface area contributed by atoms with E-state index in [9.17, 15) is 19.5 Å². The summed E-state index contributed by atoms with van der Waals surface area (Å²) in [6.45, 7) is 2.55. The van der Waals surface area contributed by atoms with Gasteiger partial charge in [-0.2, -0.15) is 0 Å². The van der Waals surface area contributed by atoms with Gasteiger partial charge in [-0.05, 0) is 23.1 Å². The Balaban J connectivity index is 1.28. The van der Waals surface area contributed by atoms with Gasteiger partial charge in [0.25, 0.3) is 0 Å². The Morgan fingerprint density at radius 2 is 1.32 bits per heavy atom. The van der Waals surface area contributed by atoms with E-state index >= 15 is 0 Å². The van der Waals surface area contributed by atoms with Crippen molar-refractivity contribution in [1.29, 1.82) is 0 Å². The molecule has 1 heterocycles. The summed E-state index contributed by atoms with van der Waals surface area (Å²) in [5.41, 5.74) is 3.20. The summed E-state index contributed by atoms with van der Waals surface area (Å²) >= 11 is 0. The van der Waals surface area contributed by atoms with Crippen LogP contribution in [-0.4, -0.2) is 65.1 Å². The highest BCUT2D eigenvalue weighted by Gasteiger charge is 2.29. The van der Waals surface area contributed by atoms with Crippen LogP contribution in [0.3, 0.4) is 0 Å². The number of alkyl carbamates (subject to hydrolysis) is 1. The predicted octanol–water partition coefficient (Wildman–Crippen LogP) is 4.08. The topological polar surface area (TPSA) is 99.2 Å². The van der Waals surface area contributed by atoms with Crippen LogP contribution in [0.5, 0.6) is 0 Å². The van der Waals surface area contributed by atoms with Crippen molar-refractivity contribution in [2.75, 3.05) is 26.2 Å². The number of benzene rings is 3. The van der Waals surface area contributed by atoms with E-state index in [4.69, 9.17) is 4.74 Å². The average Bonchev–Trinajstić information content (AvgIpc) is 2.96. The van der Waals surface area contributed by atoms with Crippen LogP contribution in [0.15, 0.2) is 91.0 Å². The third-order valence-electron chi connectivity index (χ3n) is 6.71. The van der Waals surface area contributed by atoms with Gasteiger partial charge in [0.1, 0.15) is 12.6 Å². The number of piperazine rings is 1. The molecule has 1 atom stereocenters. The van der Waals surface area contributed by atoms with E-state index in [1.54, 1.807) is 4.90 Å². The average molecular weight is 516 g/mol. The second-order valence-corrected chi connectivity index (χ2v) is 9.28. The van der Waals surface area contributed by atoms with Crippen LogP contribution >= 0.6 is 0 Å². The molecule has 8 nitrogen and oxygen atoms in total. The highest BCUT2D eigenvalue weighted by Crippen LogP contribution is 2.29. The van der Waals surface area contributed by atoms with Gasteiger partial charge in [0.05, 0.1) is 6.04 Å². The number of aliphatic carboxylic acids is 1. The highest BCUT2D eigenvalue weighted by molar-refractivity contribution is 5.81. The van der Waals surface area contributed by atoms with Crippen molar-refractivity contribution < 1.29 is 24.2 Å². The number of nitrogens with zero attached hydrogens (tertiary/aromatic N) is 2. The minimum atomic E-state index is -1.20. The molecule has 2 amide bonds. The van der Waals surface area contributed by atoms with E-state index in [1.807, 2.05) is 66.7 Å². The Hall–Kier alpha value is -4.17. The first kappa shape index (κ1) is 26.9. The van der Waals surface area contributed by atoms with Crippen molar-refractivity contribution in [3.05, 3.63) is 108 Å². The number of carbonyl (C=O) groups is 3. The number of hydrogen-bond acceptors (Lipinski definition) is 5. The molecule has 0 radical (unpaired) electrons. The fraction of sp³-hybridized carbons (Fsp3) is 0.300. The third kappa shape index (κ3) is 7.43. The van der Waals surface area contributed by atoms with Crippen molar-refractivity contribution in [2.24, 2.45) is 0 Å². The number of carboxylic acid groups (broad SMARTS) is 1. The summed E-state index contributed by atoms with van der Waals surface area (Å²) in [6, 6.07) is 28.7. The molecule has 1 fully saturated rings. The summed E-state index contributed by atoms with van der Waals surface area (Å²) in [5, 5.41) is 11.9. The zero-order valence-corrected chi connectivity index (χ0v) is 21.2. The molecule has 8 heteroatoms. The van der Waals surface area contributed by atoms with Gasteiger partial charge in [0.2, 0.25) is 5.91 Å². The second kappa shape index (κ2) is 13.4. The quantitative estimate of drug-likeness (QED) is 0.422. The zero-order valence-electron chi connectivity index (χ0n) is 21.2. The van der Waals surface area contributed by atoms with Crippen molar-refractivity contribution in [3.63, 3.8) is 0 Å². The van der Waals surface area contributed by atoms with Gasteiger partial charge >= 0.3 is 12.1 Å². The second-order valence-electron chi connectivity index (χ2n) is 9.28. The van der Waals surface area contributed by atoms with Crippen LogP contribution in [0, 0.1) is 0 Å². The minimum Gasteiger partial charge on any atom is -0.480 e. The first-order valence-corrected chi connectivity index (χ1v) is 12.8. The number of amides is 2. The molecule has 1 aliphatic rings. The first-order chi connectivity index (χ1) is 18.5. The summed E-state index contributed by atoms with van der Waals surface area (Å²) in [6.07, 6.45) is -0.808. The van der Waals surface area contributed by atoms with Crippen LogP contribution < -0.4 is 5.32 Å². The highest BCUT2D eigenvalue weighted by atomic mass is 16.5. The molecule has 1 saturated heterocycles. The van der Waals surface area contributed by atoms with E-state index in [1.165, 1.54) is 11.1 Å². The standard InChI is InChI=1S/C30H33N3O5/c34-27(17-16-26(29(35)36)31-30(37)38-22-23-10-4-1-5-11-23)32-18-20-33(21-19-32)28(24-12-6-2-7-13-24)25-14-8-3-9-15-25/h1-15,26,28H,16-22H2,(H,31,37)(H,35,36)/t26-/m0/s1. The third-order valence-corrected chi connectivity index (χ3v) is 6.71. The number of carboxylic acids is 1. The molecule has 0 saturated carbocycles. The van der Waals surface area contributed by atoms with Gasteiger partial charge in [0.15, 0.2) is 0 Å². The summed E-state index contributed by atoms with van der Waals surface area (Å²) in [4.78, 5) is 40.9. The van der Waals surface area contributed by atoms with Gasteiger partial charge in [-0.1, -0.05) is 91.0 Å². The smallest absolute Gasteiger partial charge is 0.408 e. The first-order valence-electron chi connectivity index (χ1n) is 12.8. The number of rotatable bonds is 10. The maximum atomic E-state index is 12.9. The van der Waals surface area contributed by atoms with Crippen molar-refractivity contribution in [1.82, 2.24) is 15.1 Å². The Kier molecular flexibility index (Phi) is 9.48. The van der Waals surface area contributed by atoms with Crippen LogP contribution in [-0.2, 0) is 20.9 Å². The van der Waals surface area contributed by atoms with Gasteiger partial charge < -0.3 is 20.1 Å². The predicted molar refractivity (Wildman–Crippen MR) is 143 cm³/mol. The van der Waals surface area contributed by atoms with Gasteiger partial charge in [-0.15, -0.1) is 0 Å². The fourth-order valence-corrected chi connectivity index (χ4v) is 4.70. The van der Waals surface area contributed by atoms with Crippen molar-refractivity contribution in [2.45, 2.75) is 31.5 Å². The molecule has 2 N–H and O–H groups in total. The number of hydrogen-bond donors (Lipinski definition) is 2. The Morgan fingerprint density at radius 3 is 1.84 bits per heavy atom. The Bertz CT molecular complexity index is 1140. The molecule has 3 aromatic carbocycles. The maximum Gasteiger partial charge on any atom is 0.408 e. The molecule has 1 aliphatic heterocycles. The Morgan fingerprint density at radius 1 is 0.789 bits per heavy atom. The molecule has 0 bridgehead atoms. The summed E-state index contributed by atoms with van der Waals surface area (Å²) in [7, 11) is 0. The fourth-order valence-electron chi connectivity index (χ4n) is 4.70. The SMILES string of the molecule is O=C(N[C@@H](CCC(=O)N1CCN(C(c2ccccc2)c2ccccc2)CC1)C(=O)O)OCc1ccccc1. The van der Waals surface area contributed by atoms with E-state index in [0.717, 1.165) is 5.56 Å². The van der Waals surface area contributed by atoms with Gasteiger partial charge in [-0.25, -0.2) is 9.59 Å². The molecule has 3 aromatic rings. The van der Waals surface area contributed by atoms with Gasteiger partial charge in [0, 0.05) is 32.6 Å². The van der Waals surface area contributed by atoms with E-state index in [2.05, 4.69) is 34.5 Å². The lowest BCUT2D eigenvalue weighted by Gasteiger charge is -2.40. The van der Waals surface area contributed by atoms with Crippen LogP contribution in [0.4, 0.5) is 4.79 Å². The lowest BCUT2D eigenvalue weighted by atomic mass is 9.96. The lowest BCUT2D eigenvalue weighted by Crippen LogP contribution is -2.50. The van der Waals surface area contributed by atoms with E-state index in [0.29, 0.717) is 26.2 Å². The summed E-state index contributed by atoms with van der Waals surface area (Å²) in [5.74, 6) is -1.32. The number of ether oxygens (including phenoxy) is 1. The monoisotopic (exact) mass is 515 g/mol. The normalized spacial score (nSPS) is 14.6. The minimum absolute atomic E-state index is 0.00846. The number of nitrogens with one attached hydrogen (secondary N) is 1. The molecule has 0 aliphatic carbocycles. The van der Waals surface area contributed by atoms with Crippen molar-refractivity contribution >= 4 is 18.0 Å². The van der Waals surface area contributed by atoms with E-state index in [-0.39, 0.29) is 31.4 Å². The zero-order chi connectivity index (χ0) is 26.7. The largest absolute Gasteiger partial charge is 0.480 e. The Labute approximate surface area is 222 Å². The maximum absolute atomic E-state index is 12.9. The molecule has 0 spiro atoms. The van der Waals surface area contributed by atoms with Crippen LogP contribution in [0.2, 0.25) is 0 Å². The molecule has 198 valence electrons. The molecule has 0 unspecified atom stereocenters. The molecule has 4 rings (SSSR count). The molecular formula is C30H33N3O5. The van der Waals surface area contributed by atoms with E-state index < -0.39 is 18.1 Å². The van der Waals surface area contributed by atoms with Crippen LogP contribution in [0.25, 0.3) is 0 Å². The van der Waals surface area contributed by atoms with Crippen molar-refractivity contribution in [3.8, 4) is 0 Å². The molecular weight excluding hydrogens is 482 g/mol. The van der Waals surface area contributed by atoms with Crippen LogP contribution in [0.1, 0.15) is 35.6 Å².